The molecule has 0 radical (unpaired) electrons. The summed E-state index contributed by atoms with van der Waals surface area (Å²) in [4.78, 5) is 23.6. The summed E-state index contributed by atoms with van der Waals surface area (Å²) in [6.45, 7) is 0. The van der Waals surface area contributed by atoms with E-state index in [9.17, 15) is 18.0 Å². The molecule has 164 valence electrons. The molecule has 1 heterocycles. The molecule has 31 heavy (non-hydrogen) atoms. The second kappa shape index (κ2) is 9.17. The van der Waals surface area contributed by atoms with E-state index in [0.717, 1.165) is 17.4 Å². The van der Waals surface area contributed by atoms with E-state index in [-0.39, 0.29) is 18.7 Å². The number of anilines is 1. The zero-order valence-corrected chi connectivity index (χ0v) is 17.9. The SMILES string of the molecule is COc1cccc([C@H]2CC(c3ccc(NS(C)(=O)=O)cc3)=NN2C(=O)CCC(=O)O)c1. The van der Waals surface area contributed by atoms with Gasteiger partial charge in [-0.3, -0.25) is 14.3 Å². The average molecular weight is 445 g/mol. The number of carboxylic acid groups (broad SMARTS) is 1. The predicted molar refractivity (Wildman–Crippen MR) is 116 cm³/mol. The van der Waals surface area contributed by atoms with Gasteiger partial charge in [0.05, 0.1) is 31.5 Å². The van der Waals surface area contributed by atoms with Gasteiger partial charge in [-0.1, -0.05) is 24.3 Å². The van der Waals surface area contributed by atoms with Crippen molar-refractivity contribution in [2.24, 2.45) is 5.10 Å². The molecule has 3 rings (SSSR count). The van der Waals surface area contributed by atoms with E-state index >= 15 is 0 Å². The van der Waals surface area contributed by atoms with Crippen LogP contribution in [-0.4, -0.2) is 49.5 Å². The van der Waals surface area contributed by atoms with Crippen molar-refractivity contribution in [3.63, 3.8) is 0 Å². The Balaban J connectivity index is 1.89. The second-order valence-electron chi connectivity index (χ2n) is 7.13. The average Bonchev–Trinajstić information content (AvgIpc) is 3.17. The molecule has 0 aromatic heterocycles. The number of nitrogens with one attached hydrogen (secondary N) is 1. The standard InChI is InChI=1S/C21H23N3O6S/c1-30-17-5-3-4-15(12-17)19-13-18(22-24(19)20(25)10-11-21(26)27)14-6-8-16(9-7-14)23-31(2,28)29/h3-9,12,19,23H,10-11,13H2,1-2H3,(H,26,27)/t19-/m1/s1. The van der Waals surface area contributed by atoms with Crippen molar-refractivity contribution in [2.75, 3.05) is 18.1 Å². The first-order chi connectivity index (χ1) is 14.7. The highest BCUT2D eigenvalue weighted by atomic mass is 32.2. The van der Waals surface area contributed by atoms with Gasteiger partial charge in [-0.15, -0.1) is 0 Å². The van der Waals surface area contributed by atoms with E-state index < -0.39 is 22.0 Å². The lowest BCUT2D eigenvalue weighted by Gasteiger charge is -2.22. The maximum atomic E-state index is 12.7. The number of amides is 1. The fourth-order valence-corrected chi connectivity index (χ4v) is 3.86. The first-order valence-electron chi connectivity index (χ1n) is 9.50. The number of benzene rings is 2. The minimum absolute atomic E-state index is 0.163. The Hall–Kier alpha value is -3.40. The van der Waals surface area contributed by atoms with E-state index in [1.807, 2.05) is 18.2 Å². The second-order valence-corrected chi connectivity index (χ2v) is 8.88. The first kappa shape index (κ1) is 22.3. The van der Waals surface area contributed by atoms with Crippen molar-refractivity contribution < 1.29 is 27.9 Å². The normalized spacial score (nSPS) is 16.0. The molecule has 0 unspecified atom stereocenters. The van der Waals surface area contributed by atoms with Crippen LogP contribution in [0, 0.1) is 0 Å². The third-order valence-electron chi connectivity index (χ3n) is 4.72. The molecule has 10 heteroatoms. The molecule has 0 fully saturated rings. The van der Waals surface area contributed by atoms with Crippen LogP contribution in [0.15, 0.2) is 53.6 Å². The maximum absolute atomic E-state index is 12.7. The van der Waals surface area contributed by atoms with Crippen LogP contribution in [0.1, 0.15) is 36.4 Å². The lowest BCUT2D eigenvalue weighted by molar-refractivity contribution is -0.141. The first-order valence-corrected chi connectivity index (χ1v) is 11.4. The number of carboxylic acids is 1. The molecule has 0 bridgehead atoms. The Morgan fingerprint density at radius 3 is 2.52 bits per heavy atom. The van der Waals surface area contributed by atoms with Crippen molar-refractivity contribution in [2.45, 2.75) is 25.3 Å². The van der Waals surface area contributed by atoms with Gasteiger partial charge in [0.15, 0.2) is 0 Å². The summed E-state index contributed by atoms with van der Waals surface area (Å²) < 4.78 is 30.5. The fourth-order valence-electron chi connectivity index (χ4n) is 3.30. The van der Waals surface area contributed by atoms with Gasteiger partial charge in [0, 0.05) is 18.5 Å². The molecule has 0 saturated heterocycles. The zero-order valence-electron chi connectivity index (χ0n) is 17.1. The zero-order chi connectivity index (χ0) is 22.6. The molecule has 1 aliphatic heterocycles. The number of ether oxygens (including phenoxy) is 1. The number of hydrogen-bond donors (Lipinski definition) is 2. The smallest absolute Gasteiger partial charge is 0.303 e. The molecule has 2 N–H and O–H groups in total. The molecule has 2 aromatic carbocycles. The van der Waals surface area contributed by atoms with Crippen LogP contribution in [0.3, 0.4) is 0 Å². The van der Waals surface area contributed by atoms with Crippen molar-refractivity contribution >= 4 is 33.3 Å². The predicted octanol–water partition coefficient (Wildman–Crippen LogP) is 2.61. The number of hydrogen-bond acceptors (Lipinski definition) is 6. The molecule has 2 aromatic rings. The van der Waals surface area contributed by atoms with Crippen molar-refractivity contribution in [3.8, 4) is 5.75 Å². The molecule has 0 aliphatic carbocycles. The van der Waals surface area contributed by atoms with Crippen molar-refractivity contribution in [1.29, 1.82) is 0 Å². The van der Waals surface area contributed by atoms with E-state index in [1.165, 1.54) is 5.01 Å². The van der Waals surface area contributed by atoms with Gasteiger partial charge < -0.3 is 9.84 Å². The van der Waals surface area contributed by atoms with E-state index in [4.69, 9.17) is 9.84 Å². The largest absolute Gasteiger partial charge is 0.497 e. The molecular formula is C21H23N3O6S. The number of carbonyl (C=O) groups is 2. The van der Waals surface area contributed by atoms with Crippen molar-refractivity contribution in [3.05, 3.63) is 59.7 Å². The molecule has 1 aliphatic rings. The molecule has 0 saturated carbocycles. The summed E-state index contributed by atoms with van der Waals surface area (Å²) in [5, 5.41) is 14.7. The fraction of sp³-hybridized carbons (Fsp3) is 0.286. The number of nitrogens with zero attached hydrogens (tertiary/aromatic N) is 2. The highest BCUT2D eigenvalue weighted by Gasteiger charge is 2.33. The Labute approximate surface area is 180 Å². The van der Waals surface area contributed by atoms with E-state index in [0.29, 0.717) is 23.6 Å². The minimum Gasteiger partial charge on any atom is -0.497 e. The van der Waals surface area contributed by atoms with Crippen LogP contribution in [0.25, 0.3) is 0 Å². The number of aliphatic carboxylic acids is 1. The Morgan fingerprint density at radius 2 is 1.90 bits per heavy atom. The molecule has 1 atom stereocenters. The van der Waals surface area contributed by atoms with Crippen LogP contribution >= 0.6 is 0 Å². The van der Waals surface area contributed by atoms with Gasteiger partial charge in [0.2, 0.25) is 15.9 Å². The number of hydrazone groups is 1. The molecule has 0 spiro atoms. The van der Waals surface area contributed by atoms with Crippen LogP contribution in [-0.2, 0) is 19.6 Å². The summed E-state index contributed by atoms with van der Waals surface area (Å²) >= 11 is 0. The number of sulfonamides is 1. The summed E-state index contributed by atoms with van der Waals surface area (Å²) in [7, 11) is -1.83. The number of carbonyl (C=O) groups excluding carboxylic acids is 1. The van der Waals surface area contributed by atoms with Gasteiger partial charge in [0.25, 0.3) is 0 Å². The van der Waals surface area contributed by atoms with Gasteiger partial charge in [-0.25, -0.2) is 13.4 Å². The van der Waals surface area contributed by atoms with Gasteiger partial charge in [-0.05, 0) is 35.4 Å². The van der Waals surface area contributed by atoms with Gasteiger partial charge in [0.1, 0.15) is 5.75 Å². The highest BCUT2D eigenvalue weighted by Crippen LogP contribution is 2.35. The van der Waals surface area contributed by atoms with Crippen LogP contribution in [0.4, 0.5) is 5.69 Å². The van der Waals surface area contributed by atoms with Gasteiger partial charge >= 0.3 is 5.97 Å². The monoisotopic (exact) mass is 445 g/mol. The third-order valence-corrected chi connectivity index (χ3v) is 5.33. The Kier molecular flexibility index (Phi) is 6.59. The lowest BCUT2D eigenvalue weighted by atomic mass is 9.98. The lowest BCUT2D eigenvalue weighted by Crippen LogP contribution is -2.27. The van der Waals surface area contributed by atoms with Gasteiger partial charge in [-0.2, -0.15) is 5.10 Å². The summed E-state index contributed by atoms with van der Waals surface area (Å²) in [5.74, 6) is -0.802. The van der Waals surface area contributed by atoms with E-state index in [2.05, 4.69) is 9.82 Å². The quantitative estimate of drug-likeness (QED) is 0.643. The van der Waals surface area contributed by atoms with Crippen LogP contribution in [0.2, 0.25) is 0 Å². The molecule has 1 amide bonds. The van der Waals surface area contributed by atoms with Crippen LogP contribution < -0.4 is 9.46 Å². The Morgan fingerprint density at radius 1 is 1.19 bits per heavy atom. The summed E-state index contributed by atoms with van der Waals surface area (Å²) in [6, 6.07) is 13.6. The maximum Gasteiger partial charge on any atom is 0.303 e. The topological polar surface area (TPSA) is 125 Å². The van der Waals surface area contributed by atoms with Crippen molar-refractivity contribution in [1.82, 2.24) is 5.01 Å². The minimum atomic E-state index is -3.39. The third kappa shape index (κ3) is 5.82. The summed E-state index contributed by atoms with van der Waals surface area (Å²) in [6.07, 6.45) is 1.05. The number of rotatable bonds is 8. The van der Waals surface area contributed by atoms with E-state index in [1.54, 1.807) is 37.4 Å². The summed E-state index contributed by atoms with van der Waals surface area (Å²) in [5.41, 5.74) is 2.61. The number of methoxy groups -OCH3 is 1. The Bertz CT molecular complexity index is 1110. The highest BCUT2D eigenvalue weighted by molar-refractivity contribution is 7.92. The molecule has 9 nitrogen and oxygen atoms in total. The molecular weight excluding hydrogens is 422 g/mol. The van der Waals surface area contributed by atoms with Crippen LogP contribution in [0.5, 0.6) is 5.75 Å².